The van der Waals surface area contributed by atoms with Gasteiger partial charge in [0.1, 0.15) is 12.4 Å². The van der Waals surface area contributed by atoms with E-state index in [0.29, 0.717) is 23.6 Å². The van der Waals surface area contributed by atoms with Crippen molar-refractivity contribution in [3.05, 3.63) is 29.3 Å². The van der Waals surface area contributed by atoms with Crippen LogP contribution < -0.4 is 10.1 Å². The maximum atomic E-state index is 5.94. The van der Waals surface area contributed by atoms with E-state index in [2.05, 4.69) is 26.1 Å². The first kappa shape index (κ1) is 15.3. The van der Waals surface area contributed by atoms with Crippen LogP contribution in [0.1, 0.15) is 33.6 Å². The van der Waals surface area contributed by atoms with E-state index >= 15 is 0 Å². The molecule has 0 amide bonds. The van der Waals surface area contributed by atoms with Crippen LogP contribution >= 0.6 is 11.6 Å². The average molecular weight is 270 g/mol. The smallest absolute Gasteiger partial charge is 0.120 e. The van der Waals surface area contributed by atoms with Gasteiger partial charge in [0.15, 0.2) is 0 Å². The fourth-order valence-corrected chi connectivity index (χ4v) is 2.27. The van der Waals surface area contributed by atoms with Crippen LogP contribution in [0.3, 0.4) is 0 Å². The fourth-order valence-electron chi connectivity index (χ4n) is 2.09. The Morgan fingerprint density at radius 1 is 1.33 bits per heavy atom. The number of rotatable bonds is 8. The van der Waals surface area contributed by atoms with Crippen molar-refractivity contribution in [3.8, 4) is 5.75 Å². The van der Waals surface area contributed by atoms with Gasteiger partial charge in [-0.3, -0.25) is 0 Å². The first-order valence-electron chi connectivity index (χ1n) is 6.79. The molecule has 1 aromatic rings. The maximum Gasteiger partial charge on any atom is 0.120 e. The average Bonchev–Trinajstić information content (AvgIpc) is 2.35. The second-order valence-corrected chi connectivity index (χ2v) is 5.13. The van der Waals surface area contributed by atoms with Crippen LogP contribution in [-0.4, -0.2) is 19.2 Å². The largest absolute Gasteiger partial charge is 0.492 e. The number of hydrogen-bond donors (Lipinski definition) is 1. The summed E-state index contributed by atoms with van der Waals surface area (Å²) in [5.74, 6) is 1.46. The number of nitrogens with one attached hydrogen (secondary N) is 1. The third-order valence-electron chi connectivity index (χ3n) is 3.12. The molecule has 18 heavy (non-hydrogen) atoms. The zero-order valence-electron chi connectivity index (χ0n) is 11.6. The normalized spacial score (nSPS) is 14.2. The van der Waals surface area contributed by atoms with Gasteiger partial charge in [-0.05, 0) is 37.1 Å². The van der Waals surface area contributed by atoms with E-state index in [1.165, 1.54) is 12.8 Å². The summed E-state index contributed by atoms with van der Waals surface area (Å²) in [4.78, 5) is 0. The predicted octanol–water partition coefficient (Wildman–Crippen LogP) is 4.13. The monoisotopic (exact) mass is 269 g/mol. The van der Waals surface area contributed by atoms with Crippen LogP contribution in [-0.2, 0) is 0 Å². The lowest BCUT2D eigenvalue weighted by atomic mass is 9.97. The molecule has 102 valence electrons. The number of likely N-dealkylation sites (N-methyl/N-ethyl adjacent to an activating group) is 1. The van der Waals surface area contributed by atoms with Crippen LogP contribution in [0, 0.1) is 5.92 Å². The second kappa shape index (κ2) is 8.39. The molecular formula is C15H24ClNO. The number of halogens is 1. The van der Waals surface area contributed by atoms with Crippen LogP contribution in [0.2, 0.25) is 5.02 Å². The molecule has 0 aliphatic rings. The van der Waals surface area contributed by atoms with E-state index in [1.807, 2.05) is 24.3 Å². The summed E-state index contributed by atoms with van der Waals surface area (Å²) < 4.78 is 5.82. The molecule has 1 N–H and O–H groups in total. The standard InChI is InChI=1S/C15H24ClNO/c1-4-7-12(3)15(17-5-2)11-18-14-9-6-8-13(16)10-14/h6,8-10,12,15,17H,4-5,7,11H2,1-3H3. The van der Waals surface area contributed by atoms with Crippen LogP contribution in [0.4, 0.5) is 0 Å². The summed E-state index contributed by atoms with van der Waals surface area (Å²) in [7, 11) is 0. The zero-order chi connectivity index (χ0) is 13.4. The highest BCUT2D eigenvalue weighted by atomic mass is 35.5. The Balaban J connectivity index is 2.51. The van der Waals surface area contributed by atoms with Crippen LogP contribution in [0.25, 0.3) is 0 Å². The van der Waals surface area contributed by atoms with Gasteiger partial charge in [-0.2, -0.15) is 0 Å². The van der Waals surface area contributed by atoms with Crippen molar-refractivity contribution in [2.45, 2.75) is 39.7 Å². The van der Waals surface area contributed by atoms with Crippen molar-refractivity contribution < 1.29 is 4.74 Å². The van der Waals surface area contributed by atoms with E-state index in [0.717, 1.165) is 12.3 Å². The summed E-state index contributed by atoms with van der Waals surface area (Å²) in [6.45, 7) is 8.29. The summed E-state index contributed by atoms with van der Waals surface area (Å²) in [6, 6.07) is 7.97. The van der Waals surface area contributed by atoms with E-state index in [4.69, 9.17) is 16.3 Å². The molecule has 0 spiro atoms. The van der Waals surface area contributed by atoms with E-state index in [9.17, 15) is 0 Å². The molecule has 2 nitrogen and oxygen atoms in total. The second-order valence-electron chi connectivity index (χ2n) is 4.70. The SMILES string of the molecule is CCCC(C)C(COc1cccc(Cl)c1)NCC. The Morgan fingerprint density at radius 2 is 2.11 bits per heavy atom. The molecule has 0 saturated carbocycles. The van der Waals surface area contributed by atoms with Crippen molar-refractivity contribution in [1.82, 2.24) is 5.32 Å². The molecule has 2 atom stereocenters. The lowest BCUT2D eigenvalue weighted by molar-refractivity contribution is 0.219. The van der Waals surface area contributed by atoms with Crippen molar-refractivity contribution in [3.63, 3.8) is 0 Å². The van der Waals surface area contributed by atoms with Gasteiger partial charge in [0.25, 0.3) is 0 Å². The van der Waals surface area contributed by atoms with Gasteiger partial charge in [0, 0.05) is 11.1 Å². The molecule has 0 aromatic heterocycles. The summed E-state index contributed by atoms with van der Waals surface area (Å²) in [5.41, 5.74) is 0. The van der Waals surface area contributed by atoms with E-state index in [-0.39, 0.29) is 0 Å². The minimum atomic E-state index is 0.397. The Kier molecular flexibility index (Phi) is 7.14. The quantitative estimate of drug-likeness (QED) is 0.766. The minimum absolute atomic E-state index is 0.397. The third kappa shape index (κ3) is 5.28. The Morgan fingerprint density at radius 3 is 2.72 bits per heavy atom. The number of hydrogen-bond acceptors (Lipinski definition) is 2. The molecule has 1 rings (SSSR count). The van der Waals surface area contributed by atoms with Gasteiger partial charge < -0.3 is 10.1 Å². The van der Waals surface area contributed by atoms with E-state index < -0.39 is 0 Å². The topological polar surface area (TPSA) is 21.3 Å². The molecular weight excluding hydrogens is 246 g/mol. The third-order valence-corrected chi connectivity index (χ3v) is 3.36. The lowest BCUT2D eigenvalue weighted by Gasteiger charge is -2.24. The van der Waals surface area contributed by atoms with Gasteiger partial charge in [0.2, 0.25) is 0 Å². The first-order chi connectivity index (χ1) is 8.67. The zero-order valence-corrected chi connectivity index (χ0v) is 12.3. The molecule has 0 aliphatic carbocycles. The van der Waals surface area contributed by atoms with Gasteiger partial charge in [-0.15, -0.1) is 0 Å². The Labute approximate surface area is 116 Å². The molecule has 0 saturated heterocycles. The van der Waals surface area contributed by atoms with E-state index in [1.54, 1.807) is 0 Å². The van der Waals surface area contributed by atoms with Gasteiger partial charge >= 0.3 is 0 Å². The molecule has 0 fully saturated rings. The highest BCUT2D eigenvalue weighted by molar-refractivity contribution is 6.30. The Hall–Kier alpha value is -0.730. The van der Waals surface area contributed by atoms with Gasteiger partial charge in [-0.25, -0.2) is 0 Å². The molecule has 3 heteroatoms. The summed E-state index contributed by atoms with van der Waals surface area (Å²) in [6.07, 6.45) is 2.43. The molecule has 0 radical (unpaired) electrons. The van der Waals surface area contributed by atoms with Gasteiger partial charge in [-0.1, -0.05) is 44.9 Å². The van der Waals surface area contributed by atoms with Crippen molar-refractivity contribution in [2.75, 3.05) is 13.2 Å². The fraction of sp³-hybridized carbons (Fsp3) is 0.600. The maximum absolute atomic E-state index is 5.94. The lowest BCUT2D eigenvalue weighted by Crippen LogP contribution is -2.39. The highest BCUT2D eigenvalue weighted by Gasteiger charge is 2.16. The number of benzene rings is 1. The highest BCUT2D eigenvalue weighted by Crippen LogP contribution is 2.18. The molecule has 2 unspecified atom stereocenters. The van der Waals surface area contributed by atoms with Crippen molar-refractivity contribution in [1.29, 1.82) is 0 Å². The Bertz CT molecular complexity index is 343. The predicted molar refractivity (Wildman–Crippen MR) is 78.5 cm³/mol. The van der Waals surface area contributed by atoms with Crippen LogP contribution in [0.15, 0.2) is 24.3 Å². The molecule has 0 heterocycles. The minimum Gasteiger partial charge on any atom is -0.492 e. The van der Waals surface area contributed by atoms with Crippen molar-refractivity contribution in [2.24, 2.45) is 5.92 Å². The summed E-state index contributed by atoms with van der Waals surface area (Å²) >= 11 is 5.94. The van der Waals surface area contributed by atoms with Crippen molar-refractivity contribution >= 4 is 11.6 Å². The molecule has 0 bridgehead atoms. The van der Waals surface area contributed by atoms with Gasteiger partial charge in [0.05, 0.1) is 0 Å². The molecule has 1 aromatic carbocycles. The molecule has 0 aliphatic heterocycles. The van der Waals surface area contributed by atoms with Crippen LogP contribution in [0.5, 0.6) is 5.75 Å². The number of ether oxygens (including phenoxy) is 1. The summed E-state index contributed by atoms with van der Waals surface area (Å²) in [5, 5.41) is 4.21. The first-order valence-corrected chi connectivity index (χ1v) is 7.16.